The lowest BCUT2D eigenvalue weighted by atomic mass is 9.89. The number of ether oxygens (including phenoxy) is 1. The van der Waals surface area contributed by atoms with Crippen molar-refractivity contribution in [2.24, 2.45) is 0 Å². The number of rotatable bonds is 8. The van der Waals surface area contributed by atoms with Crippen molar-refractivity contribution < 1.29 is 14.3 Å². The van der Waals surface area contributed by atoms with Gasteiger partial charge >= 0.3 is 0 Å². The predicted octanol–water partition coefficient (Wildman–Crippen LogP) is 6.79. The van der Waals surface area contributed by atoms with E-state index in [9.17, 15) is 9.59 Å². The number of nitrogens with zero attached hydrogens (tertiary/aromatic N) is 2. The van der Waals surface area contributed by atoms with E-state index < -0.39 is 0 Å². The third-order valence-electron chi connectivity index (χ3n) is 6.70. The number of para-hydroxylation sites is 2. The molecule has 1 aliphatic rings. The maximum absolute atomic E-state index is 14.0. The van der Waals surface area contributed by atoms with E-state index in [0.29, 0.717) is 24.2 Å². The van der Waals surface area contributed by atoms with Gasteiger partial charge < -0.3 is 14.5 Å². The molecule has 5 heteroatoms. The first-order valence-electron chi connectivity index (χ1n) is 12.5. The Morgan fingerprint density at radius 1 is 0.971 bits per heavy atom. The smallest absolute Gasteiger partial charge is 0.258 e. The molecule has 0 saturated carbocycles. The molecule has 35 heavy (non-hydrogen) atoms. The van der Waals surface area contributed by atoms with Gasteiger partial charge in [0, 0.05) is 29.4 Å². The highest BCUT2D eigenvalue weighted by Crippen LogP contribution is 2.43. The first-order valence-corrected chi connectivity index (χ1v) is 12.5. The van der Waals surface area contributed by atoms with E-state index in [1.54, 1.807) is 13.2 Å². The van der Waals surface area contributed by atoms with Crippen LogP contribution < -0.4 is 14.5 Å². The Bertz CT molecular complexity index is 1160. The summed E-state index contributed by atoms with van der Waals surface area (Å²) in [7, 11) is 1.60. The molecular weight excluding hydrogens is 436 g/mol. The molecule has 0 N–H and O–H groups in total. The maximum Gasteiger partial charge on any atom is 0.258 e. The SMILES string of the molecule is CCCCCC(=O)N1c2ccccc2[C@H](N(C(=O)c2cccc(OC)c2)c2ccccc2)C[C@H]1C. The molecule has 182 valence electrons. The van der Waals surface area contributed by atoms with Gasteiger partial charge in [-0.3, -0.25) is 9.59 Å². The molecule has 3 aromatic rings. The molecule has 0 unspecified atom stereocenters. The number of unbranched alkanes of at least 4 members (excludes halogenated alkanes) is 2. The molecule has 1 aliphatic heterocycles. The molecule has 0 spiro atoms. The van der Waals surface area contributed by atoms with E-state index >= 15 is 0 Å². The van der Waals surface area contributed by atoms with Gasteiger partial charge in [0.2, 0.25) is 5.91 Å². The minimum Gasteiger partial charge on any atom is -0.497 e. The van der Waals surface area contributed by atoms with Crippen LogP contribution in [0.3, 0.4) is 0 Å². The van der Waals surface area contributed by atoms with E-state index in [2.05, 4.69) is 13.8 Å². The van der Waals surface area contributed by atoms with Gasteiger partial charge in [-0.05, 0) is 61.7 Å². The topological polar surface area (TPSA) is 49.9 Å². The molecule has 1 heterocycles. The van der Waals surface area contributed by atoms with E-state index in [4.69, 9.17) is 4.74 Å². The molecule has 0 bridgehead atoms. The number of hydrogen-bond donors (Lipinski definition) is 0. The van der Waals surface area contributed by atoms with Crippen LogP contribution in [0.15, 0.2) is 78.9 Å². The van der Waals surface area contributed by atoms with Crippen molar-refractivity contribution in [3.8, 4) is 5.75 Å². The highest BCUT2D eigenvalue weighted by Gasteiger charge is 2.38. The van der Waals surface area contributed by atoms with E-state index in [0.717, 1.165) is 36.2 Å². The first kappa shape index (κ1) is 24.5. The van der Waals surface area contributed by atoms with E-state index in [-0.39, 0.29) is 23.9 Å². The molecule has 0 aliphatic carbocycles. The third kappa shape index (κ3) is 5.24. The highest BCUT2D eigenvalue weighted by atomic mass is 16.5. The second-order valence-corrected chi connectivity index (χ2v) is 9.12. The second kappa shape index (κ2) is 11.2. The Morgan fingerprint density at radius 2 is 1.71 bits per heavy atom. The highest BCUT2D eigenvalue weighted by molar-refractivity contribution is 6.07. The molecule has 2 amide bonds. The van der Waals surface area contributed by atoms with Crippen LogP contribution in [-0.4, -0.2) is 25.0 Å². The van der Waals surface area contributed by atoms with Gasteiger partial charge in [-0.25, -0.2) is 0 Å². The normalized spacial score (nSPS) is 16.9. The van der Waals surface area contributed by atoms with Crippen molar-refractivity contribution in [2.75, 3.05) is 16.9 Å². The Balaban J connectivity index is 1.76. The number of benzene rings is 3. The fraction of sp³-hybridized carbons (Fsp3) is 0.333. The Kier molecular flexibility index (Phi) is 7.86. The van der Waals surface area contributed by atoms with Crippen LogP contribution >= 0.6 is 0 Å². The van der Waals surface area contributed by atoms with Crippen LogP contribution in [-0.2, 0) is 4.79 Å². The van der Waals surface area contributed by atoms with Crippen molar-refractivity contribution in [2.45, 2.75) is 58.0 Å². The standard InChI is InChI=1S/C30H34N2O3/c1-4-5-7-19-29(33)31-22(2)20-28(26-17-10-11-18-27(26)31)32(24-14-8-6-9-15-24)30(34)23-13-12-16-25(21-23)35-3/h6,8-18,21-22,28H,4-5,7,19-20H2,1-3H3/t22-,28-/m1/s1. The Labute approximate surface area is 208 Å². The van der Waals surface area contributed by atoms with Gasteiger partial charge in [0.15, 0.2) is 0 Å². The van der Waals surface area contributed by atoms with Crippen LogP contribution in [0.2, 0.25) is 0 Å². The van der Waals surface area contributed by atoms with Gasteiger partial charge in [0.05, 0.1) is 13.2 Å². The van der Waals surface area contributed by atoms with Crippen LogP contribution in [0, 0.1) is 0 Å². The number of carbonyl (C=O) groups excluding carboxylic acids is 2. The average molecular weight is 471 g/mol. The quantitative estimate of drug-likeness (QED) is 0.341. The fourth-order valence-corrected chi connectivity index (χ4v) is 4.98. The van der Waals surface area contributed by atoms with Crippen molar-refractivity contribution in [1.29, 1.82) is 0 Å². The first-order chi connectivity index (χ1) is 17.0. The molecule has 0 fully saturated rings. The summed E-state index contributed by atoms with van der Waals surface area (Å²) in [6, 6.07) is 24.8. The lowest BCUT2D eigenvalue weighted by Gasteiger charge is -2.43. The minimum atomic E-state index is -0.206. The summed E-state index contributed by atoms with van der Waals surface area (Å²) in [6.45, 7) is 4.23. The Morgan fingerprint density at radius 3 is 2.46 bits per heavy atom. The monoisotopic (exact) mass is 470 g/mol. The van der Waals surface area contributed by atoms with Gasteiger partial charge in [-0.1, -0.05) is 62.2 Å². The van der Waals surface area contributed by atoms with E-state index in [1.165, 1.54) is 0 Å². The third-order valence-corrected chi connectivity index (χ3v) is 6.70. The molecule has 0 aromatic heterocycles. The number of amides is 2. The van der Waals surface area contributed by atoms with Gasteiger partial charge in [-0.15, -0.1) is 0 Å². The molecule has 4 rings (SSSR count). The summed E-state index contributed by atoms with van der Waals surface area (Å²) >= 11 is 0. The number of carbonyl (C=O) groups is 2. The Hall–Kier alpha value is -3.60. The van der Waals surface area contributed by atoms with Crippen LogP contribution in [0.5, 0.6) is 5.75 Å². The lowest BCUT2D eigenvalue weighted by Crippen LogP contribution is -2.47. The summed E-state index contributed by atoms with van der Waals surface area (Å²) in [5.41, 5.74) is 3.29. The van der Waals surface area contributed by atoms with Crippen molar-refractivity contribution in [3.63, 3.8) is 0 Å². The minimum absolute atomic E-state index is 0.0339. The molecule has 3 aromatic carbocycles. The molecule has 0 saturated heterocycles. The summed E-state index contributed by atoms with van der Waals surface area (Å²) in [6.07, 6.45) is 4.23. The molecule has 0 radical (unpaired) electrons. The average Bonchev–Trinajstić information content (AvgIpc) is 2.89. The number of fused-ring (bicyclic) bond motifs is 1. The predicted molar refractivity (Wildman–Crippen MR) is 141 cm³/mol. The van der Waals surface area contributed by atoms with E-state index in [1.807, 2.05) is 82.6 Å². The van der Waals surface area contributed by atoms with Gasteiger partial charge in [0.25, 0.3) is 5.91 Å². The zero-order valence-electron chi connectivity index (χ0n) is 20.8. The summed E-state index contributed by atoms with van der Waals surface area (Å²) in [4.78, 5) is 31.1. The number of anilines is 2. The van der Waals surface area contributed by atoms with Crippen molar-refractivity contribution >= 4 is 23.2 Å². The largest absolute Gasteiger partial charge is 0.497 e. The van der Waals surface area contributed by atoms with Gasteiger partial charge in [-0.2, -0.15) is 0 Å². The fourth-order valence-electron chi connectivity index (χ4n) is 4.98. The zero-order chi connectivity index (χ0) is 24.8. The van der Waals surface area contributed by atoms with Crippen LogP contribution in [0.25, 0.3) is 0 Å². The number of methoxy groups -OCH3 is 1. The summed E-state index contributed by atoms with van der Waals surface area (Å²) in [5.74, 6) is 0.706. The van der Waals surface area contributed by atoms with Crippen LogP contribution in [0.1, 0.15) is 67.9 Å². The molecular formula is C30H34N2O3. The zero-order valence-corrected chi connectivity index (χ0v) is 20.8. The molecule has 2 atom stereocenters. The maximum atomic E-state index is 14.0. The van der Waals surface area contributed by atoms with Crippen LogP contribution in [0.4, 0.5) is 11.4 Å². The summed E-state index contributed by atoms with van der Waals surface area (Å²) in [5, 5.41) is 0. The number of hydrogen-bond acceptors (Lipinski definition) is 3. The van der Waals surface area contributed by atoms with Gasteiger partial charge in [0.1, 0.15) is 5.75 Å². The summed E-state index contributed by atoms with van der Waals surface area (Å²) < 4.78 is 5.38. The second-order valence-electron chi connectivity index (χ2n) is 9.12. The molecule has 5 nitrogen and oxygen atoms in total. The lowest BCUT2D eigenvalue weighted by molar-refractivity contribution is -0.119. The van der Waals surface area contributed by atoms with Crippen molar-refractivity contribution in [1.82, 2.24) is 0 Å². The van der Waals surface area contributed by atoms with Crippen molar-refractivity contribution in [3.05, 3.63) is 90.0 Å².